The van der Waals surface area contributed by atoms with Gasteiger partial charge in [-0.1, -0.05) is 29.8 Å². The second-order valence-corrected chi connectivity index (χ2v) is 2.76. The molecule has 0 atom stereocenters. The number of aryl methyl sites for hydroxylation is 1. The first kappa shape index (κ1) is 8.18. The Kier molecular flexibility index (Phi) is 1.94. The standard InChI is InChI=1S/C9H10F2/c1-7-4-3-5-8(6-7)9(2,10)11/h3-6H,1-2H3. The van der Waals surface area contributed by atoms with Crippen molar-refractivity contribution >= 4 is 0 Å². The molecule has 0 saturated heterocycles. The van der Waals surface area contributed by atoms with Gasteiger partial charge in [-0.15, -0.1) is 0 Å². The van der Waals surface area contributed by atoms with Crippen LogP contribution in [-0.2, 0) is 5.92 Å². The zero-order valence-corrected chi connectivity index (χ0v) is 6.57. The van der Waals surface area contributed by atoms with Gasteiger partial charge in [-0.25, -0.2) is 8.78 Å². The van der Waals surface area contributed by atoms with Gasteiger partial charge in [-0.05, 0) is 6.92 Å². The average Bonchev–Trinajstić information content (AvgIpc) is 1.86. The van der Waals surface area contributed by atoms with E-state index < -0.39 is 5.92 Å². The molecule has 0 fully saturated rings. The topological polar surface area (TPSA) is 0 Å². The molecule has 1 aromatic carbocycles. The van der Waals surface area contributed by atoms with Crippen molar-refractivity contribution in [3.63, 3.8) is 0 Å². The second-order valence-electron chi connectivity index (χ2n) is 2.76. The molecule has 0 aliphatic rings. The summed E-state index contributed by atoms with van der Waals surface area (Å²) in [6.45, 7) is 2.71. The molecule has 0 heterocycles. The summed E-state index contributed by atoms with van der Waals surface area (Å²) in [5, 5.41) is 0. The van der Waals surface area contributed by atoms with Crippen molar-refractivity contribution in [2.24, 2.45) is 0 Å². The van der Waals surface area contributed by atoms with E-state index in [1.165, 1.54) is 12.1 Å². The van der Waals surface area contributed by atoms with E-state index in [2.05, 4.69) is 0 Å². The fourth-order valence-corrected chi connectivity index (χ4v) is 0.918. The van der Waals surface area contributed by atoms with E-state index in [0.717, 1.165) is 12.5 Å². The van der Waals surface area contributed by atoms with Crippen LogP contribution in [0.4, 0.5) is 8.78 Å². The van der Waals surface area contributed by atoms with E-state index in [4.69, 9.17) is 0 Å². The second kappa shape index (κ2) is 2.61. The molecule has 0 saturated carbocycles. The quantitative estimate of drug-likeness (QED) is 0.586. The maximum atomic E-state index is 12.6. The van der Waals surface area contributed by atoms with Crippen LogP contribution in [0.2, 0.25) is 0 Å². The largest absolute Gasteiger partial charge is 0.270 e. The number of alkyl halides is 2. The van der Waals surface area contributed by atoms with Gasteiger partial charge in [-0.3, -0.25) is 0 Å². The van der Waals surface area contributed by atoms with Gasteiger partial charge >= 0.3 is 0 Å². The SMILES string of the molecule is Cc1cccc(C(C)(F)F)c1. The molecule has 0 aromatic heterocycles. The van der Waals surface area contributed by atoms with Crippen molar-refractivity contribution in [1.82, 2.24) is 0 Å². The molecule has 0 bridgehead atoms. The first-order valence-electron chi connectivity index (χ1n) is 3.45. The molecular formula is C9H10F2. The highest BCUT2D eigenvalue weighted by atomic mass is 19.3. The highest BCUT2D eigenvalue weighted by Gasteiger charge is 2.23. The molecule has 0 aliphatic carbocycles. The zero-order chi connectivity index (χ0) is 8.48. The first-order valence-corrected chi connectivity index (χ1v) is 3.45. The third kappa shape index (κ3) is 2.00. The average molecular weight is 156 g/mol. The van der Waals surface area contributed by atoms with Crippen LogP contribution in [0.5, 0.6) is 0 Å². The predicted octanol–water partition coefficient (Wildman–Crippen LogP) is 3.11. The van der Waals surface area contributed by atoms with E-state index in [0.29, 0.717) is 0 Å². The smallest absolute Gasteiger partial charge is 0.202 e. The van der Waals surface area contributed by atoms with Gasteiger partial charge in [0, 0.05) is 12.5 Å². The molecule has 1 rings (SSSR count). The van der Waals surface area contributed by atoms with Crippen molar-refractivity contribution in [3.8, 4) is 0 Å². The van der Waals surface area contributed by atoms with E-state index in [9.17, 15) is 8.78 Å². The van der Waals surface area contributed by atoms with Crippen LogP contribution >= 0.6 is 0 Å². The van der Waals surface area contributed by atoms with E-state index in [1.807, 2.05) is 0 Å². The highest BCUT2D eigenvalue weighted by molar-refractivity contribution is 5.25. The highest BCUT2D eigenvalue weighted by Crippen LogP contribution is 2.26. The number of benzene rings is 1. The molecule has 60 valence electrons. The summed E-state index contributed by atoms with van der Waals surface area (Å²) in [5.74, 6) is -2.72. The number of rotatable bonds is 1. The lowest BCUT2D eigenvalue weighted by Crippen LogP contribution is -2.06. The number of hydrogen-bond acceptors (Lipinski definition) is 0. The van der Waals surface area contributed by atoms with Crippen molar-refractivity contribution < 1.29 is 8.78 Å². The van der Waals surface area contributed by atoms with Crippen molar-refractivity contribution in [2.45, 2.75) is 19.8 Å². The van der Waals surface area contributed by atoms with Gasteiger partial charge in [0.05, 0.1) is 0 Å². The molecule has 0 radical (unpaired) electrons. The van der Waals surface area contributed by atoms with E-state index >= 15 is 0 Å². The summed E-state index contributed by atoms with van der Waals surface area (Å²) >= 11 is 0. The molecule has 0 amide bonds. The lowest BCUT2D eigenvalue weighted by atomic mass is 10.1. The zero-order valence-electron chi connectivity index (χ0n) is 6.57. The maximum absolute atomic E-state index is 12.6. The Labute approximate surface area is 64.9 Å². The minimum Gasteiger partial charge on any atom is -0.202 e. The Hall–Kier alpha value is -0.920. The Morgan fingerprint density at radius 2 is 1.91 bits per heavy atom. The van der Waals surface area contributed by atoms with Crippen LogP contribution in [0, 0.1) is 6.92 Å². The minimum absolute atomic E-state index is 0.0810. The Bertz CT molecular complexity index is 248. The number of halogens is 2. The molecule has 0 aliphatic heterocycles. The van der Waals surface area contributed by atoms with E-state index in [1.54, 1.807) is 19.1 Å². The molecule has 1 aromatic rings. The molecular weight excluding hydrogens is 146 g/mol. The number of hydrogen-bond donors (Lipinski definition) is 0. The minimum atomic E-state index is -2.72. The predicted molar refractivity (Wildman–Crippen MR) is 40.7 cm³/mol. The molecule has 0 nitrogen and oxygen atoms in total. The third-order valence-corrected chi connectivity index (χ3v) is 1.52. The lowest BCUT2D eigenvalue weighted by molar-refractivity contribution is 0.0174. The van der Waals surface area contributed by atoms with Gasteiger partial charge < -0.3 is 0 Å². The summed E-state index contributed by atoms with van der Waals surface area (Å²) in [7, 11) is 0. The van der Waals surface area contributed by atoms with Gasteiger partial charge in [-0.2, -0.15) is 0 Å². The van der Waals surface area contributed by atoms with Gasteiger partial charge in [0.1, 0.15) is 0 Å². The normalized spacial score (nSPS) is 11.6. The lowest BCUT2D eigenvalue weighted by Gasteiger charge is -2.10. The Morgan fingerprint density at radius 1 is 1.27 bits per heavy atom. The van der Waals surface area contributed by atoms with Crippen LogP contribution < -0.4 is 0 Å². The van der Waals surface area contributed by atoms with Gasteiger partial charge in [0.2, 0.25) is 0 Å². The monoisotopic (exact) mass is 156 g/mol. The van der Waals surface area contributed by atoms with Gasteiger partial charge in [0.25, 0.3) is 5.92 Å². The molecule has 0 spiro atoms. The molecule has 2 heteroatoms. The molecule has 0 N–H and O–H groups in total. The van der Waals surface area contributed by atoms with Gasteiger partial charge in [0.15, 0.2) is 0 Å². The van der Waals surface area contributed by atoms with Crippen LogP contribution in [0.3, 0.4) is 0 Å². The van der Waals surface area contributed by atoms with Crippen molar-refractivity contribution in [3.05, 3.63) is 35.4 Å². The van der Waals surface area contributed by atoms with Crippen LogP contribution in [0.25, 0.3) is 0 Å². The Balaban J connectivity index is 3.06. The Morgan fingerprint density at radius 3 is 2.27 bits per heavy atom. The summed E-state index contributed by atoms with van der Waals surface area (Å²) in [5.41, 5.74) is 0.946. The molecule has 11 heavy (non-hydrogen) atoms. The summed E-state index contributed by atoms with van der Waals surface area (Å²) in [6, 6.07) is 6.38. The fourth-order valence-electron chi connectivity index (χ4n) is 0.918. The van der Waals surface area contributed by atoms with Crippen LogP contribution in [0.15, 0.2) is 24.3 Å². The van der Waals surface area contributed by atoms with Crippen LogP contribution in [0.1, 0.15) is 18.1 Å². The summed E-state index contributed by atoms with van der Waals surface area (Å²) in [6.07, 6.45) is 0. The fraction of sp³-hybridized carbons (Fsp3) is 0.333. The summed E-state index contributed by atoms with van der Waals surface area (Å²) < 4.78 is 25.3. The first-order chi connectivity index (χ1) is 5.00. The third-order valence-electron chi connectivity index (χ3n) is 1.52. The van der Waals surface area contributed by atoms with Crippen LogP contribution in [-0.4, -0.2) is 0 Å². The van der Waals surface area contributed by atoms with Crippen molar-refractivity contribution in [1.29, 1.82) is 0 Å². The van der Waals surface area contributed by atoms with Crippen molar-refractivity contribution in [2.75, 3.05) is 0 Å². The molecule has 0 unspecified atom stereocenters. The maximum Gasteiger partial charge on any atom is 0.270 e. The van der Waals surface area contributed by atoms with E-state index in [-0.39, 0.29) is 5.56 Å². The summed E-state index contributed by atoms with van der Waals surface area (Å²) in [4.78, 5) is 0.